The summed E-state index contributed by atoms with van der Waals surface area (Å²) in [4.78, 5) is 4.29. The molecule has 0 saturated carbocycles. The Balaban J connectivity index is 2.45. The van der Waals surface area contributed by atoms with Crippen molar-refractivity contribution in [2.45, 2.75) is 12.8 Å². The summed E-state index contributed by atoms with van der Waals surface area (Å²) in [5.41, 5.74) is 1.74. The van der Waals surface area contributed by atoms with Crippen molar-refractivity contribution in [1.29, 1.82) is 0 Å². The Hall–Kier alpha value is -2.01. The molecule has 2 nitrogen and oxygen atoms in total. The molecule has 0 aliphatic rings. The van der Waals surface area contributed by atoms with Gasteiger partial charge in [-0.25, -0.2) is 18.2 Å². The molecule has 0 amide bonds. The predicted octanol–water partition coefficient (Wildman–Crippen LogP) is 4.49. The van der Waals surface area contributed by atoms with E-state index in [1.165, 1.54) is 4.57 Å². The van der Waals surface area contributed by atoms with E-state index in [1.807, 2.05) is 13.0 Å². The first-order valence-corrected chi connectivity index (χ1v) is 6.74. The Bertz CT molecular complexity index is 843. The van der Waals surface area contributed by atoms with Crippen molar-refractivity contribution in [1.82, 2.24) is 9.55 Å². The number of alkyl halides is 1. The van der Waals surface area contributed by atoms with Gasteiger partial charge in [-0.2, -0.15) is 0 Å². The zero-order valence-corrected chi connectivity index (χ0v) is 11.8. The van der Waals surface area contributed by atoms with Gasteiger partial charge in [0.2, 0.25) is 0 Å². The summed E-state index contributed by atoms with van der Waals surface area (Å²) in [6.45, 7) is 1.81. The number of halogens is 4. The molecular weight excluding hydrogens is 301 g/mol. The average molecular weight is 311 g/mol. The number of benzene rings is 2. The average Bonchev–Trinajstić information content (AvgIpc) is 2.82. The Kier molecular flexibility index (Phi) is 3.37. The Morgan fingerprint density at radius 3 is 2.67 bits per heavy atom. The monoisotopic (exact) mass is 310 g/mol. The Labute approximate surface area is 123 Å². The molecule has 108 valence electrons. The lowest BCUT2D eigenvalue weighted by molar-refractivity contribution is 0.490. The largest absolute Gasteiger partial charge is 0.292 e. The van der Waals surface area contributed by atoms with Gasteiger partial charge in [-0.3, -0.25) is 4.57 Å². The van der Waals surface area contributed by atoms with Crippen LogP contribution < -0.4 is 0 Å². The summed E-state index contributed by atoms with van der Waals surface area (Å²) in [7, 11) is 0. The summed E-state index contributed by atoms with van der Waals surface area (Å²) >= 11 is 5.84. The molecule has 1 heterocycles. The molecule has 0 saturated heterocycles. The van der Waals surface area contributed by atoms with Gasteiger partial charge < -0.3 is 0 Å². The van der Waals surface area contributed by atoms with Gasteiger partial charge in [0.05, 0.1) is 22.6 Å². The lowest BCUT2D eigenvalue weighted by atomic mass is 10.2. The summed E-state index contributed by atoms with van der Waals surface area (Å²) in [6, 6.07) is 6.79. The maximum absolute atomic E-state index is 14.1. The highest BCUT2D eigenvalue weighted by Crippen LogP contribution is 2.28. The molecule has 1 aromatic heterocycles. The van der Waals surface area contributed by atoms with Crippen LogP contribution in [0, 0.1) is 24.4 Å². The van der Waals surface area contributed by atoms with Crippen LogP contribution in [-0.2, 0) is 5.88 Å². The summed E-state index contributed by atoms with van der Waals surface area (Å²) in [5, 5.41) is 0. The molecule has 2 aromatic carbocycles. The normalized spacial score (nSPS) is 11.3. The third-order valence-electron chi connectivity index (χ3n) is 3.28. The molecule has 0 bridgehead atoms. The van der Waals surface area contributed by atoms with E-state index in [4.69, 9.17) is 11.6 Å². The highest BCUT2D eigenvalue weighted by molar-refractivity contribution is 6.17. The molecule has 0 aliphatic carbocycles. The zero-order chi connectivity index (χ0) is 15.1. The van der Waals surface area contributed by atoms with E-state index < -0.39 is 17.5 Å². The molecule has 21 heavy (non-hydrogen) atoms. The minimum atomic E-state index is -1.25. The van der Waals surface area contributed by atoms with Crippen molar-refractivity contribution in [3.63, 3.8) is 0 Å². The quantitative estimate of drug-likeness (QED) is 0.504. The maximum Gasteiger partial charge on any atom is 0.183 e. The first-order valence-electron chi connectivity index (χ1n) is 6.20. The van der Waals surface area contributed by atoms with Gasteiger partial charge in [0.15, 0.2) is 11.6 Å². The molecule has 3 aromatic rings. The minimum Gasteiger partial charge on any atom is -0.292 e. The van der Waals surface area contributed by atoms with Gasteiger partial charge in [-0.15, -0.1) is 11.6 Å². The highest BCUT2D eigenvalue weighted by atomic mass is 35.5. The number of aromatic nitrogens is 2. The smallest absolute Gasteiger partial charge is 0.183 e. The second-order valence-electron chi connectivity index (χ2n) is 4.66. The maximum atomic E-state index is 14.1. The number of fused-ring (bicyclic) bond motifs is 1. The molecule has 0 fully saturated rings. The fraction of sp³-hybridized carbons (Fsp3) is 0.133. The van der Waals surface area contributed by atoms with Crippen LogP contribution >= 0.6 is 11.6 Å². The Morgan fingerprint density at radius 1 is 1.19 bits per heavy atom. The SMILES string of the molecule is Cc1cccc2nc(CCl)n(-c3cc(F)cc(F)c3F)c12. The summed E-state index contributed by atoms with van der Waals surface area (Å²) in [6.07, 6.45) is 0. The van der Waals surface area contributed by atoms with E-state index in [0.29, 0.717) is 22.9 Å². The minimum absolute atomic E-state index is 0.00824. The Morgan fingerprint density at radius 2 is 1.95 bits per heavy atom. The molecule has 0 atom stereocenters. The number of rotatable bonds is 2. The number of para-hydroxylation sites is 1. The lowest BCUT2D eigenvalue weighted by Gasteiger charge is -2.11. The number of hydrogen-bond donors (Lipinski definition) is 0. The highest BCUT2D eigenvalue weighted by Gasteiger charge is 2.19. The van der Waals surface area contributed by atoms with Crippen LogP contribution in [0.15, 0.2) is 30.3 Å². The molecule has 0 radical (unpaired) electrons. The van der Waals surface area contributed by atoms with Crippen LogP contribution in [0.25, 0.3) is 16.7 Å². The molecule has 0 aliphatic heterocycles. The second kappa shape index (κ2) is 5.07. The van der Waals surface area contributed by atoms with Gasteiger partial charge in [0.25, 0.3) is 0 Å². The van der Waals surface area contributed by atoms with Crippen molar-refractivity contribution >= 4 is 22.6 Å². The number of aryl methyl sites for hydroxylation is 1. The summed E-state index contributed by atoms with van der Waals surface area (Å²) in [5.74, 6) is -2.93. The van der Waals surface area contributed by atoms with Crippen molar-refractivity contribution < 1.29 is 13.2 Å². The first-order chi connectivity index (χ1) is 10.0. The van der Waals surface area contributed by atoms with E-state index in [9.17, 15) is 13.2 Å². The molecule has 0 spiro atoms. The molecular formula is C15H10ClF3N2. The van der Waals surface area contributed by atoms with E-state index >= 15 is 0 Å². The van der Waals surface area contributed by atoms with Crippen LogP contribution in [0.4, 0.5) is 13.2 Å². The number of nitrogens with zero attached hydrogens (tertiary/aromatic N) is 2. The number of imidazole rings is 1. The molecule has 0 N–H and O–H groups in total. The second-order valence-corrected chi connectivity index (χ2v) is 4.93. The van der Waals surface area contributed by atoms with Crippen molar-refractivity contribution in [2.75, 3.05) is 0 Å². The van der Waals surface area contributed by atoms with Crippen LogP contribution in [0.5, 0.6) is 0 Å². The number of hydrogen-bond acceptors (Lipinski definition) is 1. The van der Waals surface area contributed by atoms with E-state index in [2.05, 4.69) is 4.98 Å². The van der Waals surface area contributed by atoms with Crippen molar-refractivity contribution in [3.05, 3.63) is 59.2 Å². The van der Waals surface area contributed by atoms with Gasteiger partial charge >= 0.3 is 0 Å². The van der Waals surface area contributed by atoms with Crippen molar-refractivity contribution in [3.8, 4) is 5.69 Å². The molecule has 0 unspecified atom stereocenters. The third kappa shape index (κ3) is 2.17. The van der Waals surface area contributed by atoms with Crippen LogP contribution in [0.3, 0.4) is 0 Å². The zero-order valence-electron chi connectivity index (χ0n) is 11.0. The van der Waals surface area contributed by atoms with Crippen LogP contribution in [0.1, 0.15) is 11.4 Å². The summed E-state index contributed by atoms with van der Waals surface area (Å²) < 4.78 is 42.4. The van der Waals surface area contributed by atoms with E-state index in [1.54, 1.807) is 12.1 Å². The van der Waals surface area contributed by atoms with Gasteiger partial charge in [-0.1, -0.05) is 12.1 Å². The standard InChI is InChI=1S/C15H10ClF3N2/c1-8-3-2-4-11-15(8)21(13(7-16)20-11)12-6-9(17)5-10(18)14(12)19/h2-6H,7H2,1H3. The third-order valence-corrected chi connectivity index (χ3v) is 3.52. The fourth-order valence-electron chi connectivity index (χ4n) is 2.40. The first kappa shape index (κ1) is 13.9. The molecule has 3 rings (SSSR count). The lowest BCUT2D eigenvalue weighted by Crippen LogP contribution is -2.05. The molecule has 6 heteroatoms. The predicted molar refractivity (Wildman–Crippen MR) is 75.2 cm³/mol. The fourth-order valence-corrected chi connectivity index (χ4v) is 2.58. The van der Waals surface area contributed by atoms with Crippen LogP contribution in [-0.4, -0.2) is 9.55 Å². The van der Waals surface area contributed by atoms with Gasteiger partial charge in [0, 0.05) is 12.1 Å². The van der Waals surface area contributed by atoms with Gasteiger partial charge in [-0.05, 0) is 18.6 Å². The topological polar surface area (TPSA) is 17.8 Å². The van der Waals surface area contributed by atoms with E-state index in [0.717, 1.165) is 11.6 Å². The van der Waals surface area contributed by atoms with Crippen LogP contribution in [0.2, 0.25) is 0 Å². The van der Waals surface area contributed by atoms with Gasteiger partial charge in [0.1, 0.15) is 11.6 Å². The van der Waals surface area contributed by atoms with E-state index in [-0.39, 0.29) is 11.6 Å². The van der Waals surface area contributed by atoms with Crippen molar-refractivity contribution in [2.24, 2.45) is 0 Å².